The van der Waals surface area contributed by atoms with Gasteiger partial charge in [-0.1, -0.05) is 0 Å². The molecule has 23 heavy (non-hydrogen) atoms. The first-order valence-corrected chi connectivity index (χ1v) is 8.21. The Morgan fingerprint density at radius 1 is 1.17 bits per heavy atom. The fourth-order valence-electron chi connectivity index (χ4n) is 3.53. The SMILES string of the molecule is N#Cc1c(N2CCOCC2)nc2c(c1-c1ccco1)CCCC2. The van der Waals surface area contributed by atoms with E-state index in [1.54, 1.807) is 6.26 Å². The normalized spacial score (nSPS) is 17.6. The van der Waals surface area contributed by atoms with Crippen LogP contribution < -0.4 is 4.90 Å². The number of hydrogen-bond donors (Lipinski definition) is 0. The van der Waals surface area contributed by atoms with Crippen molar-refractivity contribution in [3.8, 4) is 17.4 Å². The van der Waals surface area contributed by atoms with Crippen LogP contribution in [0.3, 0.4) is 0 Å². The summed E-state index contributed by atoms with van der Waals surface area (Å²) in [6, 6.07) is 6.21. The fraction of sp³-hybridized carbons (Fsp3) is 0.444. The number of aromatic nitrogens is 1. The molecule has 3 heterocycles. The Bertz CT molecular complexity index is 741. The first kappa shape index (κ1) is 14.3. The molecule has 0 bridgehead atoms. The predicted octanol–water partition coefficient (Wildman–Crippen LogP) is 2.93. The van der Waals surface area contributed by atoms with Gasteiger partial charge in [-0.3, -0.25) is 0 Å². The minimum absolute atomic E-state index is 0.641. The van der Waals surface area contributed by atoms with Crippen LogP contribution in [0.5, 0.6) is 0 Å². The second kappa shape index (κ2) is 6.05. The third-order valence-electron chi connectivity index (χ3n) is 4.64. The second-order valence-electron chi connectivity index (χ2n) is 6.01. The minimum Gasteiger partial charge on any atom is -0.464 e. The van der Waals surface area contributed by atoms with E-state index in [-0.39, 0.29) is 0 Å². The van der Waals surface area contributed by atoms with Gasteiger partial charge in [-0.05, 0) is 43.4 Å². The first-order valence-electron chi connectivity index (χ1n) is 8.21. The van der Waals surface area contributed by atoms with Gasteiger partial charge in [-0.15, -0.1) is 0 Å². The van der Waals surface area contributed by atoms with E-state index in [9.17, 15) is 5.26 Å². The van der Waals surface area contributed by atoms with Crippen molar-refractivity contribution in [1.29, 1.82) is 5.26 Å². The van der Waals surface area contributed by atoms with E-state index in [1.165, 1.54) is 5.56 Å². The Balaban J connectivity index is 1.93. The smallest absolute Gasteiger partial charge is 0.147 e. The summed E-state index contributed by atoms with van der Waals surface area (Å²) in [5.41, 5.74) is 3.91. The quantitative estimate of drug-likeness (QED) is 0.853. The number of aryl methyl sites for hydroxylation is 1. The molecule has 4 rings (SSSR count). The van der Waals surface area contributed by atoms with Crippen molar-refractivity contribution in [1.82, 2.24) is 4.98 Å². The van der Waals surface area contributed by atoms with E-state index in [4.69, 9.17) is 14.1 Å². The standard InChI is InChI=1S/C18H19N3O2/c19-12-14-17(16-6-3-9-23-16)13-4-1-2-5-15(13)20-18(14)21-7-10-22-11-8-21/h3,6,9H,1-2,4-5,7-8,10-11H2. The fourth-order valence-corrected chi connectivity index (χ4v) is 3.53. The van der Waals surface area contributed by atoms with Crippen LogP contribution in [-0.4, -0.2) is 31.3 Å². The largest absolute Gasteiger partial charge is 0.464 e. The molecule has 2 aromatic rings. The molecule has 118 valence electrons. The minimum atomic E-state index is 0.641. The monoisotopic (exact) mass is 309 g/mol. The lowest BCUT2D eigenvalue weighted by molar-refractivity contribution is 0.122. The van der Waals surface area contributed by atoms with E-state index < -0.39 is 0 Å². The van der Waals surface area contributed by atoms with Crippen molar-refractivity contribution in [3.63, 3.8) is 0 Å². The molecule has 0 radical (unpaired) electrons. The van der Waals surface area contributed by atoms with E-state index in [0.717, 1.165) is 61.6 Å². The van der Waals surface area contributed by atoms with Crippen molar-refractivity contribution in [3.05, 3.63) is 35.2 Å². The number of rotatable bonds is 2. The van der Waals surface area contributed by atoms with Gasteiger partial charge >= 0.3 is 0 Å². The molecular formula is C18H19N3O2. The molecule has 0 spiro atoms. The Hall–Kier alpha value is -2.32. The topological polar surface area (TPSA) is 62.3 Å². The van der Waals surface area contributed by atoms with Gasteiger partial charge < -0.3 is 14.1 Å². The number of ether oxygens (including phenoxy) is 1. The number of furan rings is 1. The maximum atomic E-state index is 9.84. The molecular weight excluding hydrogens is 290 g/mol. The summed E-state index contributed by atoms with van der Waals surface area (Å²) >= 11 is 0. The maximum absolute atomic E-state index is 9.84. The maximum Gasteiger partial charge on any atom is 0.147 e. The molecule has 1 fully saturated rings. The highest BCUT2D eigenvalue weighted by Crippen LogP contribution is 2.38. The van der Waals surface area contributed by atoms with Gasteiger partial charge in [-0.2, -0.15) is 5.26 Å². The predicted molar refractivity (Wildman–Crippen MR) is 86.3 cm³/mol. The zero-order valence-electron chi connectivity index (χ0n) is 13.0. The lowest BCUT2D eigenvalue weighted by Gasteiger charge is -2.31. The molecule has 0 aromatic carbocycles. The van der Waals surface area contributed by atoms with Crippen LogP contribution in [0.2, 0.25) is 0 Å². The highest BCUT2D eigenvalue weighted by Gasteiger charge is 2.27. The van der Waals surface area contributed by atoms with Crippen molar-refractivity contribution < 1.29 is 9.15 Å². The third kappa shape index (κ3) is 2.49. The molecule has 1 saturated heterocycles. The molecule has 2 aliphatic rings. The molecule has 0 amide bonds. The van der Waals surface area contributed by atoms with Crippen LogP contribution in [0.25, 0.3) is 11.3 Å². The Labute approximate surface area is 135 Å². The number of anilines is 1. The first-order chi connectivity index (χ1) is 11.4. The summed E-state index contributed by atoms with van der Waals surface area (Å²) in [5, 5.41) is 9.84. The van der Waals surface area contributed by atoms with Crippen LogP contribution >= 0.6 is 0 Å². The molecule has 5 nitrogen and oxygen atoms in total. The Kier molecular flexibility index (Phi) is 3.76. The van der Waals surface area contributed by atoms with Crippen LogP contribution in [0, 0.1) is 11.3 Å². The van der Waals surface area contributed by atoms with Crippen LogP contribution in [0.1, 0.15) is 29.7 Å². The summed E-state index contributed by atoms with van der Waals surface area (Å²) < 4.78 is 11.1. The van der Waals surface area contributed by atoms with Crippen LogP contribution in [0.15, 0.2) is 22.8 Å². The molecule has 1 aliphatic carbocycles. The molecule has 0 saturated carbocycles. The molecule has 0 unspecified atom stereocenters. The van der Waals surface area contributed by atoms with E-state index in [2.05, 4.69) is 11.0 Å². The summed E-state index contributed by atoms with van der Waals surface area (Å²) in [6.45, 7) is 2.91. The lowest BCUT2D eigenvalue weighted by Crippen LogP contribution is -2.37. The average molecular weight is 309 g/mol. The molecule has 0 N–H and O–H groups in total. The highest BCUT2D eigenvalue weighted by atomic mass is 16.5. The number of hydrogen-bond acceptors (Lipinski definition) is 5. The van der Waals surface area contributed by atoms with Crippen LogP contribution in [0.4, 0.5) is 5.82 Å². The molecule has 0 atom stereocenters. The molecule has 2 aromatic heterocycles. The zero-order valence-corrected chi connectivity index (χ0v) is 13.0. The Morgan fingerprint density at radius 3 is 2.74 bits per heavy atom. The van der Waals surface area contributed by atoms with Crippen LogP contribution in [-0.2, 0) is 17.6 Å². The summed E-state index contributed by atoms with van der Waals surface area (Å²) in [5.74, 6) is 1.57. The van der Waals surface area contributed by atoms with Gasteiger partial charge in [0.25, 0.3) is 0 Å². The van der Waals surface area contributed by atoms with E-state index in [1.807, 2.05) is 12.1 Å². The van der Waals surface area contributed by atoms with Gasteiger partial charge in [0.2, 0.25) is 0 Å². The highest BCUT2D eigenvalue weighted by molar-refractivity contribution is 5.77. The average Bonchev–Trinajstić information content (AvgIpc) is 3.15. The summed E-state index contributed by atoms with van der Waals surface area (Å²) in [6.07, 6.45) is 5.92. The van der Waals surface area contributed by atoms with Gasteiger partial charge in [0.05, 0.1) is 19.5 Å². The van der Waals surface area contributed by atoms with E-state index in [0.29, 0.717) is 18.8 Å². The summed E-state index contributed by atoms with van der Waals surface area (Å²) in [4.78, 5) is 7.05. The second-order valence-corrected chi connectivity index (χ2v) is 6.01. The van der Waals surface area contributed by atoms with Gasteiger partial charge in [0.1, 0.15) is 23.2 Å². The number of morpholine rings is 1. The number of nitrogens with zero attached hydrogens (tertiary/aromatic N) is 3. The van der Waals surface area contributed by atoms with Gasteiger partial charge in [0, 0.05) is 24.3 Å². The zero-order chi connectivity index (χ0) is 15.6. The van der Waals surface area contributed by atoms with Crippen molar-refractivity contribution in [2.24, 2.45) is 0 Å². The molecule has 5 heteroatoms. The number of nitriles is 1. The Morgan fingerprint density at radius 2 is 2.00 bits per heavy atom. The van der Waals surface area contributed by atoms with Crippen molar-refractivity contribution in [2.45, 2.75) is 25.7 Å². The number of fused-ring (bicyclic) bond motifs is 1. The van der Waals surface area contributed by atoms with Gasteiger partial charge in [-0.25, -0.2) is 4.98 Å². The van der Waals surface area contributed by atoms with Crippen molar-refractivity contribution >= 4 is 5.82 Å². The third-order valence-corrected chi connectivity index (χ3v) is 4.64. The summed E-state index contributed by atoms with van der Waals surface area (Å²) in [7, 11) is 0. The van der Waals surface area contributed by atoms with E-state index >= 15 is 0 Å². The lowest BCUT2D eigenvalue weighted by atomic mass is 9.88. The van der Waals surface area contributed by atoms with Crippen molar-refractivity contribution in [2.75, 3.05) is 31.2 Å². The van der Waals surface area contributed by atoms with Gasteiger partial charge in [0.15, 0.2) is 0 Å². The molecule has 1 aliphatic heterocycles. The number of pyridine rings is 1.